The maximum absolute atomic E-state index is 12.1. The topological polar surface area (TPSA) is 50.7 Å². The molecule has 0 radical (unpaired) electrons. The van der Waals surface area contributed by atoms with Crippen molar-refractivity contribution < 1.29 is 9.53 Å². The molecular formula is C20H22N2O2. The molecule has 0 saturated carbocycles. The Balaban J connectivity index is 2.01. The van der Waals surface area contributed by atoms with Gasteiger partial charge in [-0.05, 0) is 56.2 Å². The molecular weight excluding hydrogens is 300 g/mol. The number of nitrogens with one attached hydrogen (secondary N) is 1. The summed E-state index contributed by atoms with van der Waals surface area (Å²) in [4.78, 5) is 12.1. The molecule has 0 aliphatic heterocycles. The molecule has 1 amide bonds. The lowest BCUT2D eigenvalue weighted by Crippen LogP contribution is -2.17. The zero-order chi connectivity index (χ0) is 17.5. The molecule has 2 aromatic rings. The minimum atomic E-state index is -0.260. The first-order chi connectivity index (χ1) is 11.5. The fourth-order valence-corrected chi connectivity index (χ4v) is 2.47. The summed E-state index contributed by atoms with van der Waals surface area (Å²) < 4.78 is 5.39. The van der Waals surface area contributed by atoms with E-state index in [2.05, 4.69) is 36.2 Å². The summed E-state index contributed by atoms with van der Waals surface area (Å²) in [6, 6.07) is 11.1. The molecule has 0 spiro atoms. The van der Waals surface area contributed by atoms with Crippen LogP contribution in [-0.4, -0.2) is 18.7 Å². The monoisotopic (exact) mass is 322 g/mol. The second-order valence-electron chi connectivity index (χ2n) is 5.64. The van der Waals surface area contributed by atoms with Gasteiger partial charge < -0.3 is 4.74 Å². The number of rotatable bonds is 6. The highest BCUT2D eigenvalue weighted by Crippen LogP contribution is 2.14. The molecule has 0 unspecified atom stereocenters. The second-order valence-corrected chi connectivity index (χ2v) is 5.64. The van der Waals surface area contributed by atoms with Gasteiger partial charge in [-0.25, -0.2) is 5.43 Å². The number of aryl methyl sites for hydroxylation is 3. The van der Waals surface area contributed by atoms with E-state index in [1.807, 2.05) is 13.8 Å². The quantitative estimate of drug-likeness (QED) is 0.497. The van der Waals surface area contributed by atoms with Crippen molar-refractivity contribution in [1.29, 1.82) is 0 Å². The van der Waals surface area contributed by atoms with Crippen molar-refractivity contribution in [3.8, 4) is 5.75 Å². The molecule has 0 fully saturated rings. The van der Waals surface area contributed by atoms with E-state index in [9.17, 15) is 4.79 Å². The van der Waals surface area contributed by atoms with Gasteiger partial charge in [-0.1, -0.05) is 30.4 Å². The van der Waals surface area contributed by atoms with E-state index in [0.29, 0.717) is 17.9 Å². The summed E-state index contributed by atoms with van der Waals surface area (Å²) in [6.07, 6.45) is 3.36. The smallest absolute Gasteiger partial charge is 0.271 e. The van der Waals surface area contributed by atoms with E-state index >= 15 is 0 Å². The van der Waals surface area contributed by atoms with E-state index in [-0.39, 0.29) is 5.91 Å². The van der Waals surface area contributed by atoms with Crippen LogP contribution in [0.3, 0.4) is 0 Å². The van der Waals surface area contributed by atoms with Gasteiger partial charge in [0.2, 0.25) is 0 Å². The van der Waals surface area contributed by atoms with Crippen molar-refractivity contribution in [2.45, 2.75) is 20.8 Å². The Bertz CT molecular complexity index is 739. The second kappa shape index (κ2) is 8.11. The molecule has 0 bridgehead atoms. The molecule has 24 heavy (non-hydrogen) atoms. The number of benzene rings is 2. The Kier molecular flexibility index (Phi) is 5.90. The minimum absolute atomic E-state index is 0.260. The third kappa shape index (κ3) is 4.56. The molecule has 2 aromatic carbocycles. The maximum Gasteiger partial charge on any atom is 0.271 e. The van der Waals surface area contributed by atoms with E-state index in [1.165, 1.54) is 5.56 Å². The Labute approximate surface area is 142 Å². The van der Waals surface area contributed by atoms with Crippen molar-refractivity contribution in [2.24, 2.45) is 5.10 Å². The van der Waals surface area contributed by atoms with E-state index in [0.717, 1.165) is 16.7 Å². The number of hydrogen-bond acceptors (Lipinski definition) is 3. The van der Waals surface area contributed by atoms with Gasteiger partial charge in [0.1, 0.15) is 12.4 Å². The fraction of sp³-hybridized carbons (Fsp3) is 0.200. The summed E-state index contributed by atoms with van der Waals surface area (Å²) in [5, 5.41) is 4.07. The lowest BCUT2D eigenvalue weighted by Gasteiger charge is -2.07. The van der Waals surface area contributed by atoms with Crippen LogP contribution in [0.15, 0.2) is 54.2 Å². The van der Waals surface area contributed by atoms with Crippen LogP contribution in [0.5, 0.6) is 5.75 Å². The average molecular weight is 322 g/mol. The van der Waals surface area contributed by atoms with Gasteiger partial charge in [0.25, 0.3) is 5.91 Å². The van der Waals surface area contributed by atoms with E-state index in [1.54, 1.807) is 36.6 Å². The number of carbonyl (C=O) groups is 1. The molecule has 124 valence electrons. The van der Waals surface area contributed by atoms with Crippen molar-refractivity contribution in [3.63, 3.8) is 0 Å². The number of hydrogen-bond donors (Lipinski definition) is 1. The largest absolute Gasteiger partial charge is 0.490 e. The molecule has 1 N–H and O–H groups in total. The minimum Gasteiger partial charge on any atom is -0.490 e. The van der Waals surface area contributed by atoms with Crippen LogP contribution in [-0.2, 0) is 0 Å². The molecule has 0 aromatic heterocycles. The van der Waals surface area contributed by atoms with Gasteiger partial charge in [-0.3, -0.25) is 4.79 Å². The van der Waals surface area contributed by atoms with Crippen LogP contribution in [0.25, 0.3) is 0 Å². The molecule has 0 aliphatic carbocycles. The van der Waals surface area contributed by atoms with Crippen LogP contribution in [0.1, 0.15) is 32.6 Å². The maximum atomic E-state index is 12.1. The summed E-state index contributed by atoms with van der Waals surface area (Å²) in [6.45, 7) is 10.2. The Hall–Kier alpha value is -2.88. The highest BCUT2D eigenvalue weighted by atomic mass is 16.5. The van der Waals surface area contributed by atoms with Crippen molar-refractivity contribution >= 4 is 12.1 Å². The molecule has 4 heteroatoms. The third-order valence-electron chi connectivity index (χ3n) is 3.58. The Morgan fingerprint density at radius 1 is 1.17 bits per heavy atom. The summed E-state index contributed by atoms with van der Waals surface area (Å²) in [5.41, 5.74) is 7.58. The normalized spacial score (nSPS) is 10.6. The number of ether oxygens (including phenoxy) is 1. The molecule has 0 saturated heterocycles. The van der Waals surface area contributed by atoms with Gasteiger partial charge in [0.15, 0.2) is 0 Å². The molecule has 0 aliphatic rings. The molecule has 0 atom stereocenters. The number of carbonyl (C=O) groups excluding carboxylic acids is 1. The number of hydrazone groups is 1. The highest BCUT2D eigenvalue weighted by Gasteiger charge is 2.05. The first kappa shape index (κ1) is 17.5. The van der Waals surface area contributed by atoms with Crippen LogP contribution in [0, 0.1) is 20.8 Å². The summed E-state index contributed by atoms with van der Waals surface area (Å²) in [5.74, 6) is 0.435. The van der Waals surface area contributed by atoms with E-state index < -0.39 is 0 Å². The van der Waals surface area contributed by atoms with Gasteiger partial charge in [-0.15, -0.1) is 0 Å². The standard InChI is InChI=1S/C20H22N2O2/c1-5-10-24-18-8-6-17(7-9-18)20(23)22-21-13-19-15(3)11-14(2)12-16(19)4/h5-9,11-13H,1,10H2,2-4H3,(H,22,23)/b21-13+. The zero-order valence-electron chi connectivity index (χ0n) is 14.3. The predicted octanol–water partition coefficient (Wildman–Crippen LogP) is 3.94. The molecule has 0 heterocycles. The lowest BCUT2D eigenvalue weighted by atomic mass is 10.0. The van der Waals surface area contributed by atoms with Gasteiger partial charge >= 0.3 is 0 Å². The van der Waals surface area contributed by atoms with Crippen LogP contribution in [0.2, 0.25) is 0 Å². The van der Waals surface area contributed by atoms with Crippen LogP contribution in [0.4, 0.5) is 0 Å². The summed E-state index contributed by atoms with van der Waals surface area (Å²) in [7, 11) is 0. The third-order valence-corrected chi connectivity index (χ3v) is 3.58. The Morgan fingerprint density at radius 2 is 1.79 bits per heavy atom. The Morgan fingerprint density at radius 3 is 2.38 bits per heavy atom. The highest BCUT2D eigenvalue weighted by molar-refractivity contribution is 5.95. The lowest BCUT2D eigenvalue weighted by molar-refractivity contribution is 0.0955. The van der Waals surface area contributed by atoms with Crippen LogP contribution >= 0.6 is 0 Å². The fourth-order valence-electron chi connectivity index (χ4n) is 2.47. The average Bonchev–Trinajstić information content (AvgIpc) is 2.55. The van der Waals surface area contributed by atoms with Crippen molar-refractivity contribution in [1.82, 2.24) is 5.43 Å². The first-order valence-electron chi connectivity index (χ1n) is 7.76. The van der Waals surface area contributed by atoms with E-state index in [4.69, 9.17) is 4.74 Å². The molecule has 2 rings (SSSR count). The van der Waals surface area contributed by atoms with Crippen molar-refractivity contribution in [2.75, 3.05) is 6.61 Å². The summed E-state index contributed by atoms with van der Waals surface area (Å²) >= 11 is 0. The van der Waals surface area contributed by atoms with Crippen molar-refractivity contribution in [3.05, 3.63) is 76.9 Å². The first-order valence-corrected chi connectivity index (χ1v) is 7.76. The SMILES string of the molecule is C=CCOc1ccc(C(=O)N/N=C/c2c(C)cc(C)cc2C)cc1. The van der Waals surface area contributed by atoms with Crippen LogP contribution < -0.4 is 10.2 Å². The van der Waals surface area contributed by atoms with Gasteiger partial charge in [0, 0.05) is 11.1 Å². The zero-order valence-corrected chi connectivity index (χ0v) is 14.3. The predicted molar refractivity (Wildman–Crippen MR) is 97.8 cm³/mol. The number of nitrogens with zero attached hydrogens (tertiary/aromatic N) is 1. The van der Waals surface area contributed by atoms with Gasteiger partial charge in [0.05, 0.1) is 6.21 Å². The number of amides is 1. The van der Waals surface area contributed by atoms with Gasteiger partial charge in [-0.2, -0.15) is 5.10 Å². The molecule has 4 nitrogen and oxygen atoms in total.